The van der Waals surface area contributed by atoms with E-state index >= 15 is 0 Å². The van der Waals surface area contributed by atoms with Crippen molar-refractivity contribution in [3.05, 3.63) is 285 Å². The van der Waals surface area contributed by atoms with Gasteiger partial charge in [0, 0.05) is 46.4 Å². The minimum Gasteiger partial charge on any atom is -0.256 e. The van der Waals surface area contributed by atoms with Gasteiger partial charge in [-0.2, -0.15) is 10.5 Å². The van der Waals surface area contributed by atoms with Crippen molar-refractivity contribution in [3.63, 3.8) is 0 Å². The molecule has 0 saturated carbocycles. The van der Waals surface area contributed by atoms with Crippen molar-refractivity contribution in [1.29, 1.82) is 10.5 Å². The van der Waals surface area contributed by atoms with Gasteiger partial charge in [0.25, 0.3) is 0 Å². The molecule has 5 heteroatoms. The normalized spacial score (nSPS) is 10.9. The third kappa shape index (κ3) is 9.25. The Morgan fingerprint density at radius 3 is 1.08 bits per heavy atom. The van der Waals surface area contributed by atoms with Gasteiger partial charge in [-0.05, 0) is 151 Å². The maximum Gasteiger partial charge on any atom is 0.0998 e. The second-order valence-corrected chi connectivity index (χ2v) is 18.5. The number of nitrogens with zero attached hydrogens (tertiary/aromatic N) is 5. The third-order valence-electron chi connectivity index (χ3n) is 14.0. The van der Waals surface area contributed by atoms with Crippen molar-refractivity contribution in [2.75, 3.05) is 0 Å². The fourth-order valence-electron chi connectivity index (χ4n) is 10.3. The molecule has 0 saturated heterocycles. The maximum absolute atomic E-state index is 10.8. The molecule has 12 aromatic rings. The lowest BCUT2D eigenvalue weighted by molar-refractivity contribution is 1.33. The molecule has 0 atom stereocenters. The molecule has 354 valence electrons. The zero-order valence-corrected chi connectivity index (χ0v) is 41.2. The average Bonchev–Trinajstić information content (AvgIpc) is 3.55. The van der Waals surface area contributed by atoms with E-state index in [1.165, 1.54) is 0 Å². The molecule has 0 aliphatic heterocycles. The molecule has 0 fully saturated rings. The Balaban J connectivity index is 1.07. The topological polar surface area (TPSA) is 86.2 Å². The molecule has 0 amide bonds. The lowest BCUT2D eigenvalue weighted by Gasteiger charge is -2.20. The van der Waals surface area contributed by atoms with Crippen LogP contribution in [0.25, 0.3) is 123 Å². The molecule has 0 aliphatic rings. The van der Waals surface area contributed by atoms with E-state index in [2.05, 4.69) is 192 Å². The van der Waals surface area contributed by atoms with Gasteiger partial charge < -0.3 is 0 Å². The van der Waals surface area contributed by atoms with Crippen LogP contribution in [0.3, 0.4) is 0 Å². The van der Waals surface area contributed by atoms with Gasteiger partial charge in [-0.15, -0.1) is 0 Å². The van der Waals surface area contributed by atoms with E-state index in [-0.39, 0.29) is 0 Å². The smallest absolute Gasteiger partial charge is 0.0998 e. The summed E-state index contributed by atoms with van der Waals surface area (Å²) in [5, 5.41) is 21.6. The van der Waals surface area contributed by atoms with E-state index in [1.54, 1.807) is 12.4 Å². The van der Waals surface area contributed by atoms with E-state index in [9.17, 15) is 10.5 Å². The maximum atomic E-state index is 10.8. The number of aromatic nitrogens is 3. The van der Waals surface area contributed by atoms with E-state index < -0.39 is 0 Å². The zero-order valence-electron chi connectivity index (χ0n) is 41.2. The predicted octanol–water partition coefficient (Wildman–Crippen LogP) is 18.0. The Hall–Kier alpha value is -10.6. The van der Waals surface area contributed by atoms with Crippen LogP contribution in [0.15, 0.2) is 273 Å². The summed E-state index contributed by atoms with van der Waals surface area (Å²) in [5.74, 6) is 0. The highest BCUT2D eigenvalue weighted by Crippen LogP contribution is 2.46. The molecule has 9 aromatic carbocycles. The van der Waals surface area contributed by atoms with Crippen molar-refractivity contribution < 1.29 is 0 Å². The molecule has 0 N–H and O–H groups in total. The lowest BCUT2D eigenvalue weighted by atomic mass is 9.83. The molecule has 3 aromatic heterocycles. The van der Waals surface area contributed by atoms with Crippen LogP contribution in [-0.2, 0) is 0 Å². The van der Waals surface area contributed by atoms with E-state index in [1.807, 2.05) is 91.1 Å². The van der Waals surface area contributed by atoms with Crippen LogP contribution < -0.4 is 0 Å². The van der Waals surface area contributed by atoms with Crippen molar-refractivity contribution in [1.82, 2.24) is 15.0 Å². The molecular formula is C71H45N5. The van der Waals surface area contributed by atoms with Crippen molar-refractivity contribution >= 4 is 0 Å². The van der Waals surface area contributed by atoms with Gasteiger partial charge in [0.1, 0.15) is 0 Å². The molecule has 0 bridgehead atoms. The highest BCUT2D eigenvalue weighted by atomic mass is 14.7. The summed E-state index contributed by atoms with van der Waals surface area (Å²) in [6.45, 7) is 0. The number of hydrogen-bond acceptors (Lipinski definition) is 5. The second kappa shape index (κ2) is 20.9. The van der Waals surface area contributed by atoms with Gasteiger partial charge in [-0.1, -0.05) is 182 Å². The van der Waals surface area contributed by atoms with E-state index in [0.717, 1.165) is 123 Å². The molecule has 76 heavy (non-hydrogen) atoms. The van der Waals surface area contributed by atoms with Gasteiger partial charge in [-0.3, -0.25) is 15.0 Å². The molecule has 12 rings (SSSR count). The quantitative estimate of drug-likeness (QED) is 0.129. The minimum absolute atomic E-state index is 0.562. The van der Waals surface area contributed by atoms with Gasteiger partial charge in [-0.25, -0.2) is 0 Å². The molecule has 0 radical (unpaired) electrons. The van der Waals surface area contributed by atoms with Crippen molar-refractivity contribution in [2.45, 2.75) is 0 Å². The Morgan fingerprint density at radius 1 is 0.224 bits per heavy atom. The Bertz CT molecular complexity index is 3960. The Labute approximate surface area is 442 Å². The molecule has 0 unspecified atom stereocenters. The van der Waals surface area contributed by atoms with Crippen LogP contribution in [0, 0.1) is 22.7 Å². The average molecular weight is 968 g/mol. The van der Waals surface area contributed by atoms with Crippen molar-refractivity contribution in [2.24, 2.45) is 0 Å². The summed E-state index contributed by atoms with van der Waals surface area (Å²) in [5.41, 5.74) is 22.5. The van der Waals surface area contributed by atoms with Crippen molar-refractivity contribution in [3.8, 4) is 135 Å². The lowest BCUT2D eigenvalue weighted by Crippen LogP contribution is -1.95. The Morgan fingerprint density at radius 2 is 0.592 bits per heavy atom. The molecule has 3 heterocycles. The first-order chi connectivity index (χ1) is 37.6. The standard InChI is InChI=1S/C71H45N5/c72-46-56-16-12-20-62(70(56)53-33-29-51(30-34-53)67-22-6-9-39-74-67)59-42-58(43-60(44-59)63-21-13-17-57(47-73)71(63)54-35-31-52(32-36-54)68-23-7-10-40-75-68)61-18-4-5-19-64(61)65-38-37-55(69-24-8-11-41-76-69)45-66(65)50-27-25-49(26-28-50)48-14-2-1-3-15-48/h1-45H. The van der Waals surface area contributed by atoms with Crippen LogP contribution in [0.4, 0.5) is 0 Å². The summed E-state index contributed by atoms with van der Waals surface area (Å²) in [7, 11) is 0. The SMILES string of the molecule is N#Cc1cccc(-c2cc(-c3ccccc3-c3ccc(-c4ccccn4)cc3-c3ccc(-c4ccccc4)cc3)cc(-c3cccc(C#N)c3-c3ccc(-c4ccccn4)cc3)c2)c1-c1ccc(-c2ccccn2)cc1. The first kappa shape index (κ1) is 46.5. The monoisotopic (exact) mass is 967 g/mol. The van der Waals surface area contributed by atoms with E-state index in [4.69, 9.17) is 4.98 Å². The number of benzene rings is 9. The van der Waals surface area contributed by atoms with Crippen LogP contribution in [0.2, 0.25) is 0 Å². The highest BCUT2D eigenvalue weighted by molar-refractivity contribution is 5.98. The summed E-state index contributed by atoms with van der Waals surface area (Å²) >= 11 is 0. The van der Waals surface area contributed by atoms with E-state index in [0.29, 0.717) is 11.1 Å². The fraction of sp³-hybridized carbons (Fsp3) is 0. The third-order valence-corrected chi connectivity index (χ3v) is 14.0. The summed E-state index contributed by atoms with van der Waals surface area (Å²) in [6.07, 6.45) is 5.43. The summed E-state index contributed by atoms with van der Waals surface area (Å²) < 4.78 is 0. The molecule has 0 aliphatic carbocycles. The largest absolute Gasteiger partial charge is 0.256 e. The second-order valence-electron chi connectivity index (χ2n) is 18.5. The fourth-order valence-corrected chi connectivity index (χ4v) is 10.3. The number of nitriles is 2. The zero-order chi connectivity index (χ0) is 51.2. The first-order valence-electron chi connectivity index (χ1n) is 25.2. The molecular weight excluding hydrogens is 923 g/mol. The number of hydrogen-bond donors (Lipinski definition) is 0. The van der Waals surface area contributed by atoms with Crippen LogP contribution >= 0.6 is 0 Å². The first-order valence-corrected chi connectivity index (χ1v) is 25.2. The predicted molar refractivity (Wildman–Crippen MR) is 309 cm³/mol. The summed E-state index contributed by atoms with van der Waals surface area (Å²) in [6, 6.07) is 92.6. The molecule has 5 nitrogen and oxygen atoms in total. The minimum atomic E-state index is 0.562. The van der Waals surface area contributed by atoms with Gasteiger partial charge >= 0.3 is 0 Å². The van der Waals surface area contributed by atoms with Crippen LogP contribution in [0.1, 0.15) is 11.1 Å². The summed E-state index contributed by atoms with van der Waals surface area (Å²) in [4.78, 5) is 13.9. The van der Waals surface area contributed by atoms with Gasteiger partial charge in [0.15, 0.2) is 0 Å². The van der Waals surface area contributed by atoms with Crippen LogP contribution in [-0.4, -0.2) is 15.0 Å². The van der Waals surface area contributed by atoms with Gasteiger partial charge in [0.05, 0.1) is 40.3 Å². The number of rotatable bonds is 11. The molecule has 0 spiro atoms. The number of pyridine rings is 3. The van der Waals surface area contributed by atoms with Crippen LogP contribution in [0.5, 0.6) is 0 Å². The highest BCUT2D eigenvalue weighted by Gasteiger charge is 2.21. The Kier molecular flexibility index (Phi) is 12.8. The van der Waals surface area contributed by atoms with Gasteiger partial charge in [0.2, 0.25) is 0 Å².